The molecule has 0 amide bonds. The molecular formula is C29H30Cl2Zr. The third-order valence-corrected chi connectivity index (χ3v) is 8.07. The first-order valence-electron chi connectivity index (χ1n) is 11.5. The third-order valence-electron chi connectivity index (χ3n) is 8.07. The Labute approximate surface area is 224 Å². The van der Waals surface area contributed by atoms with E-state index in [1.54, 1.807) is 24.8 Å². The zero-order valence-electron chi connectivity index (χ0n) is 18.7. The van der Waals surface area contributed by atoms with Crippen LogP contribution in [0.25, 0.3) is 21.5 Å². The SMILES string of the molecule is CC1[C-]=C(C23CC4CC(CC(C4)C2)C3)C=C1.[Cl-].[Cl-].[Zr+4].c1ccc2c(c1)[cH-]c1ccccc12. The molecule has 1 unspecified atom stereocenters. The number of benzene rings is 2. The summed E-state index contributed by atoms with van der Waals surface area (Å²) < 4.78 is 0. The van der Waals surface area contributed by atoms with Crippen molar-refractivity contribution in [1.82, 2.24) is 0 Å². The summed E-state index contributed by atoms with van der Waals surface area (Å²) in [5, 5.41) is 5.39. The summed E-state index contributed by atoms with van der Waals surface area (Å²) in [5.41, 5.74) is 2.18. The Kier molecular flexibility index (Phi) is 8.29. The van der Waals surface area contributed by atoms with Gasteiger partial charge in [-0.2, -0.15) is 6.08 Å². The molecule has 0 heterocycles. The van der Waals surface area contributed by atoms with Crippen molar-refractivity contribution in [3.63, 3.8) is 0 Å². The molecule has 5 aliphatic rings. The molecule has 0 aromatic heterocycles. The number of rotatable bonds is 1. The second-order valence-corrected chi connectivity index (χ2v) is 10.2. The van der Waals surface area contributed by atoms with Crippen LogP contribution in [0, 0.1) is 35.2 Å². The zero-order valence-corrected chi connectivity index (χ0v) is 22.6. The molecule has 0 saturated heterocycles. The van der Waals surface area contributed by atoms with Crippen LogP contribution in [0.4, 0.5) is 0 Å². The maximum Gasteiger partial charge on any atom is 4.00 e. The van der Waals surface area contributed by atoms with Crippen molar-refractivity contribution < 1.29 is 51.0 Å². The summed E-state index contributed by atoms with van der Waals surface area (Å²) in [6, 6.07) is 19.3. The summed E-state index contributed by atoms with van der Waals surface area (Å²) in [7, 11) is 0. The van der Waals surface area contributed by atoms with E-state index in [0.717, 1.165) is 17.8 Å². The van der Waals surface area contributed by atoms with Gasteiger partial charge in [-0.15, -0.1) is 39.7 Å². The first-order chi connectivity index (χ1) is 14.2. The summed E-state index contributed by atoms with van der Waals surface area (Å²) in [6.45, 7) is 2.27. The summed E-state index contributed by atoms with van der Waals surface area (Å²) >= 11 is 0. The number of halogens is 2. The minimum atomic E-state index is 0. The molecule has 4 saturated carbocycles. The number of hydrogen-bond acceptors (Lipinski definition) is 0. The quantitative estimate of drug-likeness (QED) is 0.414. The first kappa shape index (κ1) is 25.9. The van der Waals surface area contributed by atoms with Crippen molar-refractivity contribution in [2.75, 3.05) is 0 Å². The van der Waals surface area contributed by atoms with Crippen molar-refractivity contribution in [2.45, 2.75) is 45.4 Å². The summed E-state index contributed by atoms with van der Waals surface area (Å²) in [5.74, 6) is 3.75. The second-order valence-electron chi connectivity index (χ2n) is 10.2. The molecule has 3 aromatic rings. The van der Waals surface area contributed by atoms with Crippen molar-refractivity contribution in [1.29, 1.82) is 0 Å². The Bertz CT molecular complexity index is 1040. The maximum atomic E-state index is 3.72. The fraction of sp³-hybridized carbons (Fsp3) is 0.414. The van der Waals surface area contributed by atoms with Gasteiger partial charge in [0, 0.05) is 0 Å². The van der Waals surface area contributed by atoms with E-state index in [-0.39, 0.29) is 51.0 Å². The molecule has 5 aliphatic carbocycles. The van der Waals surface area contributed by atoms with Gasteiger partial charge in [0.2, 0.25) is 0 Å². The van der Waals surface area contributed by atoms with Gasteiger partial charge < -0.3 is 24.8 Å². The minimum Gasteiger partial charge on any atom is -1.00 e. The predicted octanol–water partition coefficient (Wildman–Crippen LogP) is 1.86. The monoisotopic (exact) mass is 538 g/mol. The fourth-order valence-corrected chi connectivity index (χ4v) is 7.26. The van der Waals surface area contributed by atoms with Crippen LogP contribution >= 0.6 is 0 Å². The molecule has 1 atom stereocenters. The smallest absolute Gasteiger partial charge is 1.00 e. The topological polar surface area (TPSA) is 0 Å². The van der Waals surface area contributed by atoms with E-state index in [1.807, 2.05) is 0 Å². The molecule has 0 N–H and O–H groups in total. The van der Waals surface area contributed by atoms with Crippen LogP contribution < -0.4 is 24.8 Å². The van der Waals surface area contributed by atoms with Crippen LogP contribution in [-0.2, 0) is 26.2 Å². The molecule has 3 aromatic carbocycles. The van der Waals surface area contributed by atoms with Gasteiger partial charge in [-0.1, -0.05) is 49.2 Å². The Morgan fingerprint density at radius 1 is 0.781 bits per heavy atom. The van der Waals surface area contributed by atoms with Gasteiger partial charge in [0.1, 0.15) is 0 Å². The van der Waals surface area contributed by atoms with Gasteiger partial charge in [0.25, 0.3) is 0 Å². The van der Waals surface area contributed by atoms with Crippen LogP contribution in [-0.4, -0.2) is 0 Å². The molecular weight excluding hydrogens is 510 g/mol. The van der Waals surface area contributed by atoms with Gasteiger partial charge in [-0.25, -0.2) is 11.6 Å². The van der Waals surface area contributed by atoms with Crippen molar-refractivity contribution >= 4 is 21.5 Å². The van der Waals surface area contributed by atoms with Gasteiger partial charge in [0.05, 0.1) is 0 Å². The molecule has 4 fully saturated rings. The van der Waals surface area contributed by atoms with Crippen molar-refractivity contribution in [2.24, 2.45) is 29.1 Å². The van der Waals surface area contributed by atoms with Crippen molar-refractivity contribution in [3.8, 4) is 0 Å². The fourth-order valence-electron chi connectivity index (χ4n) is 7.26. The van der Waals surface area contributed by atoms with E-state index in [1.165, 1.54) is 40.8 Å². The Morgan fingerprint density at radius 2 is 1.25 bits per heavy atom. The molecule has 164 valence electrons. The van der Waals surface area contributed by atoms with Gasteiger partial charge in [-0.3, -0.25) is 6.08 Å². The van der Waals surface area contributed by atoms with Crippen LogP contribution in [0.3, 0.4) is 0 Å². The number of hydrogen-bond donors (Lipinski definition) is 0. The predicted molar refractivity (Wildman–Crippen MR) is 123 cm³/mol. The average Bonchev–Trinajstić information content (AvgIpc) is 3.31. The molecule has 0 nitrogen and oxygen atoms in total. The summed E-state index contributed by atoms with van der Waals surface area (Å²) in [4.78, 5) is 0. The molecule has 0 spiro atoms. The van der Waals surface area contributed by atoms with Crippen LogP contribution in [0.1, 0.15) is 45.4 Å². The molecule has 0 radical (unpaired) electrons. The molecule has 32 heavy (non-hydrogen) atoms. The molecule has 4 bridgehead atoms. The van der Waals surface area contributed by atoms with E-state index in [9.17, 15) is 0 Å². The van der Waals surface area contributed by atoms with E-state index in [4.69, 9.17) is 0 Å². The number of fused-ring (bicyclic) bond motifs is 3. The molecule has 0 aliphatic heterocycles. The van der Waals surface area contributed by atoms with Gasteiger partial charge in [0.15, 0.2) is 0 Å². The first-order valence-corrected chi connectivity index (χ1v) is 11.5. The second kappa shape index (κ2) is 10.3. The van der Waals surface area contributed by atoms with Crippen LogP contribution in [0.15, 0.2) is 72.3 Å². The number of allylic oxidation sites excluding steroid dienone is 4. The van der Waals surface area contributed by atoms with Crippen molar-refractivity contribution in [3.05, 3.63) is 78.4 Å². The van der Waals surface area contributed by atoms with E-state index in [2.05, 4.69) is 79.7 Å². The van der Waals surface area contributed by atoms with Gasteiger partial charge in [-0.05, 0) is 61.7 Å². The Balaban J connectivity index is 0.000000168. The Morgan fingerprint density at radius 3 is 1.69 bits per heavy atom. The van der Waals surface area contributed by atoms with Crippen LogP contribution in [0.2, 0.25) is 0 Å². The summed E-state index contributed by atoms with van der Waals surface area (Å²) in [6.07, 6.45) is 17.6. The normalized spacial score (nSPS) is 31.2. The maximum absolute atomic E-state index is 3.72. The standard InChI is InChI=1S/C16H21.C13H9.2ClH.Zr/c1-11-2-3-15(4-11)16-8-12-5-13(9-16)7-14(6-12)10-16;1-3-7-12-10(5-1)9-11-6-2-4-8-13(11)12;;;/h2-3,11-14H,5-10H2,1H3;1-9H;2*1H;/q2*-1;;;+4/p-2. The molecule has 3 heteroatoms. The van der Waals surface area contributed by atoms with Crippen LogP contribution in [0.5, 0.6) is 0 Å². The Hall–Kier alpha value is -0.747. The minimum absolute atomic E-state index is 0. The van der Waals surface area contributed by atoms with E-state index >= 15 is 0 Å². The average molecular weight is 541 g/mol. The largest absolute Gasteiger partial charge is 4.00 e. The zero-order chi connectivity index (χ0) is 19.4. The van der Waals surface area contributed by atoms with E-state index < -0.39 is 0 Å². The molecule has 8 rings (SSSR count). The third kappa shape index (κ3) is 4.60. The van der Waals surface area contributed by atoms with Gasteiger partial charge >= 0.3 is 26.2 Å². The van der Waals surface area contributed by atoms with E-state index in [0.29, 0.717) is 11.3 Å².